The standard InChI is InChI=1S/C13H26/c1-9(2)12-7-6-11(5)13(8-12)10(3)4/h9-13H,6-8H2,1-5H3. The van der Waals surface area contributed by atoms with E-state index >= 15 is 0 Å². The third kappa shape index (κ3) is 2.72. The lowest BCUT2D eigenvalue weighted by Crippen LogP contribution is -2.29. The minimum atomic E-state index is 0.886. The Kier molecular flexibility index (Phi) is 3.82. The van der Waals surface area contributed by atoms with Gasteiger partial charge in [0.2, 0.25) is 0 Å². The highest BCUT2D eigenvalue weighted by atomic mass is 14.4. The molecule has 3 atom stereocenters. The molecule has 1 fully saturated rings. The number of hydrogen-bond acceptors (Lipinski definition) is 0. The normalized spacial score (nSPS) is 35.8. The molecule has 0 aromatic rings. The summed E-state index contributed by atoms with van der Waals surface area (Å²) in [6.07, 6.45) is 4.42. The molecule has 78 valence electrons. The van der Waals surface area contributed by atoms with Gasteiger partial charge in [-0.3, -0.25) is 0 Å². The molecule has 1 aliphatic rings. The van der Waals surface area contributed by atoms with Gasteiger partial charge in [0.1, 0.15) is 0 Å². The van der Waals surface area contributed by atoms with Crippen molar-refractivity contribution in [1.29, 1.82) is 0 Å². The molecule has 3 unspecified atom stereocenters. The fourth-order valence-electron chi connectivity index (χ4n) is 2.93. The second kappa shape index (κ2) is 4.48. The molecule has 0 radical (unpaired) electrons. The fraction of sp³-hybridized carbons (Fsp3) is 1.00. The van der Waals surface area contributed by atoms with E-state index in [0.717, 1.165) is 29.6 Å². The van der Waals surface area contributed by atoms with E-state index in [2.05, 4.69) is 34.6 Å². The van der Waals surface area contributed by atoms with Crippen LogP contribution in [-0.4, -0.2) is 0 Å². The molecule has 0 heteroatoms. The summed E-state index contributed by atoms with van der Waals surface area (Å²) in [7, 11) is 0. The van der Waals surface area contributed by atoms with E-state index in [0.29, 0.717) is 0 Å². The van der Waals surface area contributed by atoms with Crippen molar-refractivity contribution in [1.82, 2.24) is 0 Å². The lowest BCUT2D eigenvalue weighted by molar-refractivity contribution is 0.122. The highest BCUT2D eigenvalue weighted by molar-refractivity contribution is 4.80. The van der Waals surface area contributed by atoms with Crippen LogP contribution in [0.25, 0.3) is 0 Å². The highest BCUT2D eigenvalue weighted by Crippen LogP contribution is 2.40. The van der Waals surface area contributed by atoms with Crippen molar-refractivity contribution in [3.8, 4) is 0 Å². The Labute approximate surface area is 84.1 Å². The van der Waals surface area contributed by atoms with Gasteiger partial charge in [0, 0.05) is 0 Å². The first-order valence-corrected chi connectivity index (χ1v) is 6.02. The van der Waals surface area contributed by atoms with Gasteiger partial charge >= 0.3 is 0 Å². The van der Waals surface area contributed by atoms with Crippen LogP contribution in [0.1, 0.15) is 53.9 Å². The largest absolute Gasteiger partial charge is 0.0625 e. The Hall–Kier alpha value is 0. The topological polar surface area (TPSA) is 0 Å². The first-order chi connectivity index (χ1) is 6.02. The quantitative estimate of drug-likeness (QED) is 0.595. The zero-order valence-corrected chi connectivity index (χ0v) is 10.0. The SMILES string of the molecule is CC(C)C1CCC(C)C(C(C)C)C1. The van der Waals surface area contributed by atoms with Crippen LogP contribution in [-0.2, 0) is 0 Å². The van der Waals surface area contributed by atoms with Crippen molar-refractivity contribution < 1.29 is 0 Å². The van der Waals surface area contributed by atoms with Crippen molar-refractivity contribution >= 4 is 0 Å². The van der Waals surface area contributed by atoms with E-state index < -0.39 is 0 Å². The third-order valence-corrected chi connectivity index (χ3v) is 4.10. The van der Waals surface area contributed by atoms with Gasteiger partial charge in [0.05, 0.1) is 0 Å². The predicted octanol–water partition coefficient (Wildman–Crippen LogP) is 4.35. The number of hydrogen-bond donors (Lipinski definition) is 0. The summed E-state index contributed by atoms with van der Waals surface area (Å²) in [6, 6.07) is 0. The Morgan fingerprint density at radius 1 is 0.923 bits per heavy atom. The molecule has 0 heterocycles. The van der Waals surface area contributed by atoms with Gasteiger partial charge in [-0.05, 0) is 42.4 Å². The molecule has 1 saturated carbocycles. The Bertz CT molecular complexity index is 146. The smallest absolute Gasteiger partial charge is 0.0363 e. The molecule has 0 aromatic heterocycles. The first-order valence-electron chi connectivity index (χ1n) is 6.02. The maximum Gasteiger partial charge on any atom is -0.0363 e. The summed E-state index contributed by atoms with van der Waals surface area (Å²) in [5.41, 5.74) is 0. The van der Waals surface area contributed by atoms with E-state index in [1.54, 1.807) is 0 Å². The molecule has 0 nitrogen and oxygen atoms in total. The lowest BCUT2D eigenvalue weighted by Gasteiger charge is -2.38. The maximum absolute atomic E-state index is 2.45. The summed E-state index contributed by atoms with van der Waals surface area (Å²) in [5.74, 6) is 4.74. The molecule has 0 aliphatic heterocycles. The van der Waals surface area contributed by atoms with Crippen LogP contribution in [0.15, 0.2) is 0 Å². The van der Waals surface area contributed by atoms with Crippen LogP contribution < -0.4 is 0 Å². The summed E-state index contributed by atoms with van der Waals surface area (Å²) < 4.78 is 0. The monoisotopic (exact) mass is 182 g/mol. The second-order valence-corrected chi connectivity index (χ2v) is 5.70. The van der Waals surface area contributed by atoms with Crippen molar-refractivity contribution in [3.63, 3.8) is 0 Å². The molecule has 0 spiro atoms. The van der Waals surface area contributed by atoms with E-state index in [9.17, 15) is 0 Å². The molecule has 0 bridgehead atoms. The summed E-state index contributed by atoms with van der Waals surface area (Å²) >= 11 is 0. The maximum atomic E-state index is 2.45. The molecule has 0 N–H and O–H groups in total. The average Bonchev–Trinajstić information content (AvgIpc) is 2.04. The van der Waals surface area contributed by atoms with Crippen molar-refractivity contribution in [2.24, 2.45) is 29.6 Å². The highest BCUT2D eigenvalue weighted by Gasteiger charge is 2.30. The van der Waals surface area contributed by atoms with Crippen LogP contribution in [0, 0.1) is 29.6 Å². The molecule has 0 saturated heterocycles. The zero-order valence-electron chi connectivity index (χ0n) is 10.0. The van der Waals surface area contributed by atoms with Gasteiger partial charge in [-0.2, -0.15) is 0 Å². The Morgan fingerprint density at radius 2 is 1.54 bits per heavy atom. The minimum Gasteiger partial charge on any atom is -0.0625 e. The van der Waals surface area contributed by atoms with Crippen LogP contribution in [0.5, 0.6) is 0 Å². The van der Waals surface area contributed by atoms with E-state index in [1.165, 1.54) is 19.3 Å². The Balaban J connectivity index is 2.53. The van der Waals surface area contributed by atoms with Gasteiger partial charge in [-0.15, -0.1) is 0 Å². The van der Waals surface area contributed by atoms with Gasteiger partial charge in [0.15, 0.2) is 0 Å². The average molecular weight is 182 g/mol. The molecule has 1 rings (SSSR count). The Morgan fingerprint density at radius 3 is 2.00 bits per heavy atom. The van der Waals surface area contributed by atoms with Crippen molar-refractivity contribution in [2.45, 2.75) is 53.9 Å². The number of rotatable bonds is 2. The predicted molar refractivity (Wildman–Crippen MR) is 59.7 cm³/mol. The summed E-state index contributed by atoms with van der Waals surface area (Å²) in [4.78, 5) is 0. The van der Waals surface area contributed by atoms with Crippen LogP contribution in [0.3, 0.4) is 0 Å². The lowest BCUT2D eigenvalue weighted by atomic mass is 9.67. The van der Waals surface area contributed by atoms with Gasteiger partial charge < -0.3 is 0 Å². The van der Waals surface area contributed by atoms with E-state index in [1.807, 2.05) is 0 Å². The summed E-state index contributed by atoms with van der Waals surface area (Å²) in [5, 5.41) is 0. The zero-order chi connectivity index (χ0) is 10.0. The van der Waals surface area contributed by atoms with Crippen molar-refractivity contribution in [2.75, 3.05) is 0 Å². The van der Waals surface area contributed by atoms with Gasteiger partial charge in [-0.25, -0.2) is 0 Å². The molecule has 0 amide bonds. The van der Waals surface area contributed by atoms with Gasteiger partial charge in [-0.1, -0.05) is 41.0 Å². The minimum absolute atomic E-state index is 0.886. The molecule has 0 aromatic carbocycles. The molecule has 1 aliphatic carbocycles. The van der Waals surface area contributed by atoms with Crippen molar-refractivity contribution in [3.05, 3.63) is 0 Å². The molecular formula is C13H26. The van der Waals surface area contributed by atoms with Crippen LogP contribution >= 0.6 is 0 Å². The third-order valence-electron chi connectivity index (χ3n) is 4.10. The first kappa shape index (κ1) is 11.1. The summed E-state index contributed by atoms with van der Waals surface area (Å²) in [6.45, 7) is 12.0. The molecular weight excluding hydrogens is 156 g/mol. The van der Waals surface area contributed by atoms with Crippen LogP contribution in [0.2, 0.25) is 0 Å². The fourth-order valence-corrected chi connectivity index (χ4v) is 2.93. The van der Waals surface area contributed by atoms with Crippen LogP contribution in [0.4, 0.5) is 0 Å². The van der Waals surface area contributed by atoms with Gasteiger partial charge in [0.25, 0.3) is 0 Å². The van der Waals surface area contributed by atoms with E-state index in [-0.39, 0.29) is 0 Å². The molecule has 13 heavy (non-hydrogen) atoms. The second-order valence-electron chi connectivity index (χ2n) is 5.70. The van der Waals surface area contributed by atoms with E-state index in [4.69, 9.17) is 0 Å².